The molecule has 1 saturated heterocycles. The molecule has 0 unspecified atom stereocenters. The zero-order chi connectivity index (χ0) is 22.6. The van der Waals surface area contributed by atoms with E-state index in [0.29, 0.717) is 54.2 Å². The molecule has 0 aromatic carbocycles. The second kappa shape index (κ2) is 9.51. The van der Waals surface area contributed by atoms with Crippen LogP contribution in [0.2, 0.25) is 0 Å². The predicted molar refractivity (Wildman–Crippen MR) is 122 cm³/mol. The first-order valence-electron chi connectivity index (χ1n) is 10.6. The van der Waals surface area contributed by atoms with Gasteiger partial charge in [0, 0.05) is 24.7 Å². The van der Waals surface area contributed by atoms with Gasteiger partial charge in [-0.2, -0.15) is 0 Å². The van der Waals surface area contributed by atoms with Gasteiger partial charge in [-0.15, -0.1) is 11.3 Å². The van der Waals surface area contributed by atoms with Gasteiger partial charge in [-0.1, -0.05) is 0 Å². The monoisotopic (exact) mass is 466 g/mol. The molecule has 0 atom stereocenters. The molecule has 4 heterocycles. The van der Waals surface area contributed by atoms with E-state index in [9.17, 15) is 9.59 Å². The second-order valence-corrected chi connectivity index (χ2v) is 8.61. The van der Waals surface area contributed by atoms with Crippen LogP contribution in [0.5, 0.6) is 5.88 Å². The molecule has 2 aliphatic rings. The summed E-state index contributed by atoms with van der Waals surface area (Å²) in [6, 6.07) is 5.45. The van der Waals surface area contributed by atoms with E-state index in [-0.39, 0.29) is 11.8 Å². The zero-order valence-electron chi connectivity index (χ0n) is 17.7. The van der Waals surface area contributed by atoms with Gasteiger partial charge in [-0.05, 0) is 36.4 Å². The molecule has 2 N–H and O–H groups in total. The molecule has 2 amide bonds. The Morgan fingerprint density at radius 2 is 1.91 bits per heavy atom. The summed E-state index contributed by atoms with van der Waals surface area (Å²) in [5.74, 6) is 0.396. The van der Waals surface area contributed by atoms with Crippen molar-refractivity contribution in [1.29, 1.82) is 0 Å². The van der Waals surface area contributed by atoms with Gasteiger partial charge in [0.25, 0.3) is 5.91 Å². The number of thiophene rings is 1. The summed E-state index contributed by atoms with van der Waals surface area (Å²) in [5, 5.41) is 8.03. The summed E-state index contributed by atoms with van der Waals surface area (Å²) in [6.45, 7) is 2.06. The van der Waals surface area contributed by atoms with Crippen LogP contribution in [-0.4, -0.2) is 58.2 Å². The maximum Gasteiger partial charge on any atom is 0.419 e. The van der Waals surface area contributed by atoms with Crippen LogP contribution in [0.15, 0.2) is 42.3 Å². The van der Waals surface area contributed by atoms with Gasteiger partial charge in [0.1, 0.15) is 17.0 Å². The van der Waals surface area contributed by atoms with Crippen molar-refractivity contribution in [2.45, 2.75) is 18.8 Å². The van der Waals surface area contributed by atoms with Crippen molar-refractivity contribution in [3.05, 3.63) is 53.6 Å². The molecular formula is C22H22N6O4S. The number of carbonyl (C=O) groups excluding carboxylic acids is 2. The summed E-state index contributed by atoms with van der Waals surface area (Å²) in [4.78, 5) is 39.9. The third-order valence-corrected chi connectivity index (χ3v) is 6.15. The Morgan fingerprint density at radius 1 is 1.12 bits per heavy atom. The quantitative estimate of drug-likeness (QED) is 0.565. The predicted octanol–water partition coefficient (Wildman–Crippen LogP) is 3.64. The molecule has 3 aromatic heterocycles. The van der Waals surface area contributed by atoms with Gasteiger partial charge in [0.05, 0.1) is 36.9 Å². The van der Waals surface area contributed by atoms with Crippen LogP contribution in [0, 0.1) is 0 Å². The van der Waals surface area contributed by atoms with Crippen LogP contribution in [0.25, 0.3) is 0 Å². The Morgan fingerprint density at radius 3 is 2.67 bits per heavy atom. The summed E-state index contributed by atoms with van der Waals surface area (Å²) in [5.41, 5.74) is 2.46. The van der Waals surface area contributed by atoms with Crippen LogP contribution in [-0.2, 0) is 4.74 Å². The Labute approximate surface area is 194 Å². The number of nitrogens with one attached hydrogen (secondary N) is 2. The topological polar surface area (TPSA) is 119 Å². The van der Waals surface area contributed by atoms with Crippen molar-refractivity contribution in [3.63, 3.8) is 0 Å². The summed E-state index contributed by atoms with van der Waals surface area (Å²) in [6.07, 6.45) is 6.07. The Kier molecular flexibility index (Phi) is 6.13. The fourth-order valence-corrected chi connectivity index (χ4v) is 4.24. The summed E-state index contributed by atoms with van der Waals surface area (Å²) >= 11 is 1.26. The fourth-order valence-electron chi connectivity index (χ4n) is 3.47. The number of anilines is 3. The first-order chi connectivity index (χ1) is 16.2. The summed E-state index contributed by atoms with van der Waals surface area (Å²) < 4.78 is 10.9. The number of hydrogen-bond donors (Lipinski definition) is 2. The van der Waals surface area contributed by atoms with E-state index in [0.717, 1.165) is 18.5 Å². The van der Waals surface area contributed by atoms with E-state index < -0.39 is 6.09 Å². The van der Waals surface area contributed by atoms with E-state index in [4.69, 9.17) is 9.47 Å². The number of pyridine rings is 1. The number of rotatable bonds is 6. The Balaban J connectivity index is 1.32. The molecule has 10 nitrogen and oxygen atoms in total. The Bertz CT molecular complexity index is 1140. The highest BCUT2D eigenvalue weighted by molar-refractivity contribution is 7.14. The van der Waals surface area contributed by atoms with Gasteiger partial charge in [-0.3, -0.25) is 10.1 Å². The number of aromatic nitrogens is 3. The van der Waals surface area contributed by atoms with E-state index >= 15 is 0 Å². The van der Waals surface area contributed by atoms with E-state index in [1.807, 2.05) is 12.1 Å². The first-order valence-corrected chi connectivity index (χ1v) is 11.5. The lowest BCUT2D eigenvalue weighted by molar-refractivity contribution is 0.0304. The molecule has 5 rings (SSSR count). The lowest BCUT2D eigenvalue weighted by atomic mass is 10.2. The fraction of sp³-hybridized carbons (Fsp3) is 0.318. The molecule has 3 aromatic rings. The van der Waals surface area contributed by atoms with Gasteiger partial charge < -0.3 is 19.7 Å². The van der Waals surface area contributed by atoms with Crippen molar-refractivity contribution in [2.24, 2.45) is 0 Å². The average molecular weight is 467 g/mol. The third kappa shape index (κ3) is 5.10. The van der Waals surface area contributed by atoms with Crippen molar-refractivity contribution >= 4 is 39.7 Å². The molecular weight excluding hydrogens is 444 g/mol. The molecule has 0 spiro atoms. The zero-order valence-corrected chi connectivity index (χ0v) is 18.5. The van der Waals surface area contributed by atoms with Gasteiger partial charge in [0.2, 0.25) is 5.88 Å². The highest BCUT2D eigenvalue weighted by atomic mass is 32.1. The number of hydrogen-bond acceptors (Lipinski definition) is 9. The SMILES string of the molecule is O=C(Nc1sccc1C(=O)N1CCOCC1)Oc1nc(C2CC2)ccc1Nc1cncnc1. The molecule has 1 aliphatic carbocycles. The van der Waals surface area contributed by atoms with Crippen molar-refractivity contribution in [2.75, 3.05) is 36.9 Å². The molecule has 11 heteroatoms. The minimum absolute atomic E-state index is 0.143. The first kappa shape index (κ1) is 21.3. The van der Waals surface area contributed by atoms with Gasteiger partial charge in [-0.25, -0.2) is 19.7 Å². The molecule has 0 radical (unpaired) electrons. The highest BCUT2D eigenvalue weighted by Gasteiger charge is 2.27. The molecule has 1 aliphatic heterocycles. The second-order valence-electron chi connectivity index (χ2n) is 7.70. The number of ether oxygens (including phenoxy) is 2. The van der Waals surface area contributed by atoms with Gasteiger partial charge in [0.15, 0.2) is 0 Å². The minimum Gasteiger partial charge on any atom is -0.389 e. The lowest BCUT2D eigenvalue weighted by Gasteiger charge is -2.26. The number of morpholine rings is 1. The van der Waals surface area contributed by atoms with Gasteiger partial charge >= 0.3 is 6.09 Å². The van der Waals surface area contributed by atoms with Crippen LogP contribution in [0.4, 0.5) is 21.2 Å². The lowest BCUT2D eigenvalue weighted by Crippen LogP contribution is -2.40. The molecule has 2 fully saturated rings. The molecule has 1 saturated carbocycles. The minimum atomic E-state index is -0.721. The number of nitrogens with zero attached hydrogens (tertiary/aromatic N) is 4. The van der Waals surface area contributed by atoms with Crippen LogP contribution in [0.1, 0.15) is 34.8 Å². The standard InChI is InChI=1S/C22H22N6O4S/c29-21(28-6-8-31-9-7-28)16-5-10-33-20(16)27-22(30)32-19-18(25-15-11-23-13-24-12-15)4-3-17(26-19)14-1-2-14/h3-5,10-14,25H,1-2,6-9H2,(H,27,30). The molecule has 33 heavy (non-hydrogen) atoms. The van der Waals surface area contributed by atoms with Crippen LogP contribution >= 0.6 is 11.3 Å². The normalized spacial score (nSPS) is 15.7. The summed E-state index contributed by atoms with van der Waals surface area (Å²) in [7, 11) is 0. The van der Waals surface area contributed by atoms with E-state index in [1.54, 1.807) is 28.7 Å². The number of amides is 2. The van der Waals surface area contributed by atoms with Crippen LogP contribution < -0.4 is 15.4 Å². The van der Waals surface area contributed by atoms with E-state index in [2.05, 4.69) is 25.6 Å². The van der Waals surface area contributed by atoms with Crippen LogP contribution in [0.3, 0.4) is 0 Å². The van der Waals surface area contributed by atoms with Crippen molar-refractivity contribution in [3.8, 4) is 5.88 Å². The maximum absolute atomic E-state index is 12.9. The highest BCUT2D eigenvalue weighted by Crippen LogP contribution is 2.41. The largest absolute Gasteiger partial charge is 0.419 e. The van der Waals surface area contributed by atoms with E-state index in [1.165, 1.54) is 17.7 Å². The maximum atomic E-state index is 12.9. The Hall–Kier alpha value is -3.57. The van der Waals surface area contributed by atoms with Crippen molar-refractivity contribution < 1.29 is 19.1 Å². The smallest absolute Gasteiger partial charge is 0.389 e. The number of carbonyl (C=O) groups is 2. The third-order valence-electron chi connectivity index (χ3n) is 5.32. The molecule has 170 valence electrons. The molecule has 0 bridgehead atoms. The van der Waals surface area contributed by atoms with Crippen molar-refractivity contribution in [1.82, 2.24) is 19.9 Å². The average Bonchev–Trinajstić information content (AvgIpc) is 3.60.